The summed E-state index contributed by atoms with van der Waals surface area (Å²) in [4.78, 5) is 22.9. The smallest absolute Gasteiger partial charge is 0.396 e. The summed E-state index contributed by atoms with van der Waals surface area (Å²) in [5.74, 6) is -0.911. The molecule has 0 spiro atoms. The monoisotopic (exact) mass is 434 g/mol. The molecule has 30 heavy (non-hydrogen) atoms. The second kappa shape index (κ2) is 11.9. The number of alkyl halides is 3. The fourth-order valence-corrected chi connectivity index (χ4v) is 4.49. The van der Waals surface area contributed by atoms with Gasteiger partial charge in [-0.2, -0.15) is 13.2 Å². The number of rotatable bonds is 13. The molecule has 1 saturated carbocycles. The van der Waals surface area contributed by atoms with Gasteiger partial charge in [-0.05, 0) is 57.3 Å². The maximum absolute atomic E-state index is 13.7. The minimum absolute atomic E-state index is 0.0286. The van der Waals surface area contributed by atoms with Gasteiger partial charge in [-0.25, -0.2) is 0 Å². The third-order valence-corrected chi connectivity index (χ3v) is 6.71. The Morgan fingerprint density at radius 1 is 1.27 bits per heavy atom. The molecule has 0 aromatic rings. The Kier molecular flexibility index (Phi) is 10.5. The van der Waals surface area contributed by atoms with Crippen molar-refractivity contribution in [3.05, 3.63) is 12.2 Å². The zero-order valence-electron chi connectivity index (χ0n) is 18.4. The first-order valence-corrected chi connectivity index (χ1v) is 11.1. The summed E-state index contributed by atoms with van der Waals surface area (Å²) in [5, 5.41) is 19.1. The molecule has 0 aromatic heterocycles. The van der Waals surface area contributed by atoms with Crippen molar-refractivity contribution < 1.29 is 33.0 Å². The van der Waals surface area contributed by atoms with E-state index in [9.17, 15) is 27.9 Å². The first-order valence-electron chi connectivity index (χ1n) is 11.1. The SMILES string of the molecule is CCCC[C@](C)([C@H](O)CC[C@H]1[C@H](C)CC(=O)[C@@H]1C/C=C\CCCC(=O)O)C(F)(F)F. The summed E-state index contributed by atoms with van der Waals surface area (Å²) >= 11 is 0. The predicted octanol–water partition coefficient (Wildman–Crippen LogP) is 5.93. The van der Waals surface area contributed by atoms with Gasteiger partial charge in [0.05, 0.1) is 11.5 Å². The molecule has 1 rings (SSSR count). The van der Waals surface area contributed by atoms with Gasteiger partial charge in [0.15, 0.2) is 0 Å². The molecule has 1 fully saturated rings. The number of hydrogen-bond acceptors (Lipinski definition) is 3. The van der Waals surface area contributed by atoms with Crippen LogP contribution in [0.25, 0.3) is 0 Å². The van der Waals surface area contributed by atoms with Gasteiger partial charge in [-0.15, -0.1) is 0 Å². The number of carbonyl (C=O) groups excluding carboxylic acids is 1. The Labute approximate surface area is 177 Å². The van der Waals surface area contributed by atoms with Crippen molar-refractivity contribution in [3.63, 3.8) is 0 Å². The van der Waals surface area contributed by atoms with E-state index in [0.717, 1.165) is 6.92 Å². The summed E-state index contributed by atoms with van der Waals surface area (Å²) in [6, 6.07) is 0. The Morgan fingerprint density at radius 2 is 1.93 bits per heavy atom. The second-order valence-corrected chi connectivity index (χ2v) is 9.02. The van der Waals surface area contributed by atoms with E-state index in [2.05, 4.69) is 0 Å². The van der Waals surface area contributed by atoms with Gasteiger partial charge in [-0.3, -0.25) is 9.59 Å². The van der Waals surface area contributed by atoms with Crippen LogP contribution in [0.3, 0.4) is 0 Å². The highest BCUT2D eigenvalue weighted by atomic mass is 19.4. The fourth-order valence-electron chi connectivity index (χ4n) is 4.49. The molecule has 0 heterocycles. The number of Topliss-reactive ketones (excluding diaryl/α,β-unsaturated/α-hetero) is 1. The van der Waals surface area contributed by atoms with E-state index in [4.69, 9.17) is 5.11 Å². The molecular weight excluding hydrogens is 397 g/mol. The molecule has 0 aliphatic heterocycles. The van der Waals surface area contributed by atoms with Crippen LogP contribution in [0.2, 0.25) is 0 Å². The Morgan fingerprint density at radius 3 is 2.50 bits per heavy atom. The van der Waals surface area contributed by atoms with Gasteiger partial charge in [0.25, 0.3) is 0 Å². The van der Waals surface area contributed by atoms with E-state index in [1.165, 1.54) is 0 Å². The zero-order chi connectivity index (χ0) is 22.9. The highest BCUT2D eigenvalue weighted by Crippen LogP contribution is 2.47. The zero-order valence-corrected chi connectivity index (χ0v) is 18.4. The van der Waals surface area contributed by atoms with Crippen LogP contribution in [0, 0.1) is 23.2 Å². The van der Waals surface area contributed by atoms with Crippen molar-refractivity contribution in [2.75, 3.05) is 0 Å². The summed E-state index contributed by atoms with van der Waals surface area (Å²) in [7, 11) is 0. The van der Waals surface area contributed by atoms with Gasteiger partial charge in [0, 0.05) is 18.8 Å². The maximum atomic E-state index is 13.7. The van der Waals surface area contributed by atoms with Crippen LogP contribution in [-0.2, 0) is 9.59 Å². The molecule has 1 aliphatic carbocycles. The molecule has 0 unspecified atom stereocenters. The van der Waals surface area contributed by atoms with Crippen LogP contribution in [0.1, 0.15) is 85.0 Å². The van der Waals surface area contributed by atoms with E-state index in [-0.39, 0.29) is 42.8 Å². The van der Waals surface area contributed by atoms with Gasteiger partial charge in [0.2, 0.25) is 0 Å². The number of aliphatic carboxylic acids is 1. The lowest BCUT2D eigenvalue weighted by molar-refractivity contribution is -0.252. The van der Waals surface area contributed by atoms with Crippen LogP contribution >= 0.6 is 0 Å². The van der Waals surface area contributed by atoms with Gasteiger partial charge in [0.1, 0.15) is 5.78 Å². The number of carbonyl (C=O) groups is 2. The number of hydrogen-bond donors (Lipinski definition) is 2. The quantitative estimate of drug-likeness (QED) is 0.278. The second-order valence-electron chi connectivity index (χ2n) is 9.02. The number of halogens is 3. The third kappa shape index (κ3) is 7.40. The van der Waals surface area contributed by atoms with Gasteiger partial charge < -0.3 is 10.2 Å². The molecule has 0 aromatic carbocycles. The number of carboxylic acids is 1. The largest absolute Gasteiger partial charge is 0.481 e. The Balaban J connectivity index is 2.70. The van der Waals surface area contributed by atoms with Crippen LogP contribution in [-0.4, -0.2) is 34.2 Å². The number of aliphatic hydroxyl groups excluding tert-OH is 1. The van der Waals surface area contributed by atoms with Crippen LogP contribution < -0.4 is 0 Å². The Bertz CT molecular complexity index is 587. The average Bonchev–Trinajstić information content (AvgIpc) is 2.91. The summed E-state index contributed by atoms with van der Waals surface area (Å²) < 4.78 is 41.0. The molecule has 7 heteroatoms. The lowest BCUT2D eigenvalue weighted by Gasteiger charge is -2.37. The predicted molar refractivity (Wildman–Crippen MR) is 110 cm³/mol. The topological polar surface area (TPSA) is 74.6 Å². The van der Waals surface area contributed by atoms with E-state index >= 15 is 0 Å². The molecule has 0 saturated heterocycles. The molecule has 0 radical (unpaired) electrons. The van der Waals surface area contributed by atoms with Crippen molar-refractivity contribution in [1.82, 2.24) is 0 Å². The Hall–Kier alpha value is -1.37. The first kappa shape index (κ1) is 26.7. The van der Waals surface area contributed by atoms with E-state index in [1.807, 2.05) is 26.0 Å². The van der Waals surface area contributed by atoms with Crippen LogP contribution in [0.4, 0.5) is 13.2 Å². The minimum Gasteiger partial charge on any atom is -0.481 e. The number of ketones is 1. The van der Waals surface area contributed by atoms with Crippen molar-refractivity contribution in [2.45, 2.75) is 97.3 Å². The van der Waals surface area contributed by atoms with Gasteiger partial charge in [-0.1, -0.05) is 38.8 Å². The summed E-state index contributed by atoms with van der Waals surface area (Å²) in [6.45, 7) is 4.88. The normalized spacial score (nSPS) is 25.6. The van der Waals surface area contributed by atoms with Crippen molar-refractivity contribution in [1.29, 1.82) is 0 Å². The molecule has 0 bridgehead atoms. The molecule has 174 valence electrons. The van der Waals surface area contributed by atoms with Crippen LogP contribution in [0.15, 0.2) is 12.2 Å². The molecule has 4 nitrogen and oxygen atoms in total. The van der Waals surface area contributed by atoms with Crippen molar-refractivity contribution in [2.24, 2.45) is 23.2 Å². The maximum Gasteiger partial charge on any atom is 0.396 e. The van der Waals surface area contributed by atoms with E-state index < -0.39 is 23.7 Å². The summed E-state index contributed by atoms with van der Waals surface area (Å²) in [5.41, 5.74) is -2.13. The highest BCUT2D eigenvalue weighted by molar-refractivity contribution is 5.84. The van der Waals surface area contributed by atoms with Gasteiger partial charge >= 0.3 is 12.1 Å². The minimum atomic E-state index is -4.48. The number of carboxylic acid groups (broad SMARTS) is 1. The standard InChI is InChI=1S/C23H37F3O4/c1-4-5-14-22(3,23(24,25)26)20(28)13-12-17-16(2)15-19(27)18(17)10-8-6-7-9-11-21(29)30/h6,8,16-18,20,28H,4-5,7,9-15H2,1-3H3,(H,29,30)/b8-6-/t16-,17+,18-,20-,22-/m1/s1. The van der Waals surface area contributed by atoms with Crippen LogP contribution in [0.5, 0.6) is 0 Å². The highest BCUT2D eigenvalue weighted by Gasteiger charge is 2.55. The molecule has 5 atom stereocenters. The van der Waals surface area contributed by atoms with E-state index in [0.29, 0.717) is 44.9 Å². The number of aliphatic hydroxyl groups is 1. The molecule has 0 amide bonds. The number of allylic oxidation sites excluding steroid dienone is 2. The molecular formula is C23H37F3O4. The number of unbranched alkanes of at least 4 members (excludes halogenated alkanes) is 2. The molecule has 1 aliphatic rings. The summed E-state index contributed by atoms with van der Waals surface area (Å²) in [6.07, 6.45) is 1.33. The lowest BCUT2D eigenvalue weighted by atomic mass is 9.74. The average molecular weight is 435 g/mol. The van der Waals surface area contributed by atoms with Crippen molar-refractivity contribution >= 4 is 11.8 Å². The first-order chi connectivity index (χ1) is 13.9. The lowest BCUT2D eigenvalue weighted by Crippen LogP contribution is -2.45. The third-order valence-electron chi connectivity index (χ3n) is 6.71. The fraction of sp³-hybridized carbons (Fsp3) is 0.826. The molecule has 2 N–H and O–H groups in total. The van der Waals surface area contributed by atoms with E-state index in [1.54, 1.807) is 0 Å². The van der Waals surface area contributed by atoms with Crippen molar-refractivity contribution in [3.8, 4) is 0 Å².